The van der Waals surface area contributed by atoms with E-state index in [4.69, 9.17) is 6.57 Å². The molecule has 0 saturated carbocycles. The van der Waals surface area contributed by atoms with Crippen molar-refractivity contribution < 1.29 is 0 Å². The maximum Gasteiger partial charge on any atom is 0.188 e. The first-order valence-corrected chi connectivity index (χ1v) is 18.3. The Kier molecular flexibility index (Phi) is 6.61. The molecule has 0 fully saturated rings. The fourth-order valence-electron chi connectivity index (χ4n) is 8.82. The molecule has 0 unspecified atom stereocenters. The monoisotopic (exact) mass is 699 g/mol. The lowest BCUT2D eigenvalue weighted by Crippen LogP contribution is -2.04. The van der Waals surface area contributed by atoms with Gasteiger partial charge in [0, 0.05) is 38.2 Å². The van der Waals surface area contributed by atoms with Gasteiger partial charge in [0.1, 0.15) is 6.07 Å². The molecule has 0 saturated heterocycles. The average Bonchev–Trinajstić information content (AvgIpc) is 3.89. The highest BCUT2D eigenvalue weighted by Gasteiger charge is 2.23. The van der Waals surface area contributed by atoms with Gasteiger partial charge in [0.15, 0.2) is 5.69 Å². The molecule has 0 spiro atoms. The van der Waals surface area contributed by atoms with Crippen molar-refractivity contribution in [1.29, 1.82) is 5.26 Å². The fourth-order valence-corrected chi connectivity index (χ4v) is 8.82. The van der Waals surface area contributed by atoms with Crippen LogP contribution in [0.3, 0.4) is 0 Å². The van der Waals surface area contributed by atoms with Crippen molar-refractivity contribution in [3.8, 4) is 34.3 Å². The quantitative estimate of drug-likeness (QED) is 0.169. The first-order chi connectivity index (χ1) is 27.2. The maximum absolute atomic E-state index is 10.9. The third-order valence-corrected chi connectivity index (χ3v) is 11.1. The van der Waals surface area contributed by atoms with Gasteiger partial charge in [0.25, 0.3) is 0 Å². The number of nitriles is 1. The lowest BCUT2D eigenvalue weighted by Gasteiger charge is -2.19. The summed E-state index contributed by atoms with van der Waals surface area (Å²) in [7, 11) is 0. The third kappa shape index (κ3) is 4.39. The molecule has 5 nitrogen and oxygen atoms in total. The van der Waals surface area contributed by atoms with Gasteiger partial charge in [-0.2, -0.15) is 5.26 Å². The summed E-state index contributed by atoms with van der Waals surface area (Å²) in [6.07, 6.45) is 0. The zero-order valence-electron chi connectivity index (χ0n) is 29.5. The van der Waals surface area contributed by atoms with E-state index in [0.29, 0.717) is 11.3 Å². The topological polar surface area (TPSA) is 42.9 Å². The summed E-state index contributed by atoms with van der Waals surface area (Å²) in [5.41, 5.74) is 12.5. The van der Waals surface area contributed by atoms with Crippen LogP contribution in [0.5, 0.6) is 0 Å². The highest BCUT2D eigenvalue weighted by atomic mass is 15.1. The normalized spacial score (nSPS) is 11.6. The van der Waals surface area contributed by atoms with Crippen LogP contribution >= 0.6 is 0 Å². The van der Waals surface area contributed by atoms with Crippen molar-refractivity contribution in [1.82, 2.24) is 13.7 Å². The fraction of sp³-hybridized carbons (Fsp3) is 0. The van der Waals surface area contributed by atoms with Gasteiger partial charge in [-0.15, -0.1) is 0 Å². The summed E-state index contributed by atoms with van der Waals surface area (Å²) in [6, 6.07) is 63.7. The van der Waals surface area contributed by atoms with Crippen LogP contribution < -0.4 is 0 Å². The van der Waals surface area contributed by atoms with Crippen LogP contribution in [0.1, 0.15) is 5.56 Å². The van der Waals surface area contributed by atoms with Gasteiger partial charge in [-0.3, -0.25) is 0 Å². The standard InChI is InChI=1S/C50H29N5/c1-52-34-27-28-47-42(30-34)40-19-5-6-22-43(40)53(47)35-15-10-13-32(29-35)36-20-11-14-33(31-51)49(36)55-46-25-9-4-18-39(46)41-21-12-26-48(50(41)55)54-44-23-7-2-16-37(44)38-17-3-8-24-45(38)54/h2-30H. The molecule has 0 atom stereocenters. The molecule has 0 N–H and O–H groups in total. The van der Waals surface area contributed by atoms with E-state index in [-0.39, 0.29) is 0 Å². The van der Waals surface area contributed by atoms with Crippen molar-refractivity contribution >= 4 is 71.1 Å². The number of nitrogens with zero attached hydrogens (tertiary/aromatic N) is 5. The second kappa shape index (κ2) is 11.8. The Morgan fingerprint density at radius 2 is 1.00 bits per heavy atom. The van der Waals surface area contributed by atoms with Gasteiger partial charge >= 0.3 is 0 Å². The van der Waals surface area contributed by atoms with E-state index in [1.54, 1.807) is 0 Å². The second-order valence-electron chi connectivity index (χ2n) is 13.9. The smallest absolute Gasteiger partial charge is 0.188 e. The molecule has 11 rings (SSSR count). The van der Waals surface area contributed by atoms with E-state index in [9.17, 15) is 5.26 Å². The summed E-state index contributed by atoms with van der Waals surface area (Å²) in [4.78, 5) is 3.72. The molecule has 0 amide bonds. The first-order valence-electron chi connectivity index (χ1n) is 18.3. The van der Waals surface area contributed by atoms with E-state index in [0.717, 1.165) is 82.8 Å². The molecule has 0 aliphatic heterocycles. The zero-order valence-corrected chi connectivity index (χ0v) is 29.5. The van der Waals surface area contributed by atoms with Crippen LogP contribution in [0.4, 0.5) is 5.69 Å². The summed E-state index contributed by atoms with van der Waals surface area (Å²) in [5.74, 6) is 0. The van der Waals surface area contributed by atoms with E-state index >= 15 is 0 Å². The van der Waals surface area contributed by atoms with Gasteiger partial charge in [-0.1, -0.05) is 115 Å². The van der Waals surface area contributed by atoms with Crippen molar-refractivity contribution in [3.05, 3.63) is 193 Å². The van der Waals surface area contributed by atoms with Crippen molar-refractivity contribution in [2.45, 2.75) is 0 Å². The van der Waals surface area contributed by atoms with Gasteiger partial charge in [-0.25, -0.2) is 4.85 Å². The second-order valence-corrected chi connectivity index (χ2v) is 13.9. The summed E-state index contributed by atoms with van der Waals surface area (Å²) < 4.78 is 6.96. The molecule has 8 aromatic carbocycles. The molecule has 3 heterocycles. The Labute approximate surface area is 316 Å². The van der Waals surface area contributed by atoms with E-state index in [1.165, 1.54) is 10.8 Å². The molecular formula is C50H29N5. The Hall–Kier alpha value is -7.86. The van der Waals surface area contributed by atoms with E-state index in [2.05, 4.69) is 164 Å². The van der Waals surface area contributed by atoms with Gasteiger partial charge < -0.3 is 13.7 Å². The number of rotatable bonds is 4. The van der Waals surface area contributed by atoms with Crippen LogP contribution in [-0.4, -0.2) is 13.7 Å². The average molecular weight is 700 g/mol. The summed E-state index contributed by atoms with van der Waals surface area (Å²) in [5, 5.41) is 17.6. The molecule has 0 aliphatic rings. The van der Waals surface area contributed by atoms with Gasteiger partial charge in [0.2, 0.25) is 0 Å². The van der Waals surface area contributed by atoms with Crippen LogP contribution in [0.15, 0.2) is 176 Å². The highest BCUT2D eigenvalue weighted by Crippen LogP contribution is 2.43. The molecular weight excluding hydrogens is 671 g/mol. The molecule has 3 aromatic heterocycles. The van der Waals surface area contributed by atoms with E-state index < -0.39 is 0 Å². The number of hydrogen-bond acceptors (Lipinski definition) is 1. The lowest BCUT2D eigenvalue weighted by molar-refractivity contribution is 1.12. The van der Waals surface area contributed by atoms with Gasteiger partial charge in [-0.05, 0) is 71.6 Å². The molecule has 5 heteroatoms. The molecule has 11 aromatic rings. The zero-order chi connectivity index (χ0) is 36.6. The molecule has 0 bridgehead atoms. The number of para-hydroxylation sites is 6. The third-order valence-electron chi connectivity index (χ3n) is 11.1. The number of aromatic nitrogens is 3. The van der Waals surface area contributed by atoms with Gasteiger partial charge in [0.05, 0.1) is 56.6 Å². The number of fused-ring (bicyclic) bond motifs is 9. The Morgan fingerprint density at radius 3 is 1.67 bits per heavy atom. The van der Waals surface area contributed by atoms with Crippen molar-refractivity contribution in [3.63, 3.8) is 0 Å². The Bertz CT molecular complexity index is 3420. The molecule has 55 heavy (non-hydrogen) atoms. The van der Waals surface area contributed by atoms with Crippen LogP contribution in [0, 0.1) is 17.9 Å². The van der Waals surface area contributed by atoms with Crippen molar-refractivity contribution in [2.75, 3.05) is 0 Å². The maximum atomic E-state index is 10.9. The highest BCUT2D eigenvalue weighted by molar-refractivity contribution is 6.16. The first kappa shape index (κ1) is 30.7. The van der Waals surface area contributed by atoms with Crippen LogP contribution in [0.25, 0.3) is 98.5 Å². The van der Waals surface area contributed by atoms with Crippen LogP contribution in [-0.2, 0) is 0 Å². The van der Waals surface area contributed by atoms with E-state index in [1.807, 2.05) is 36.4 Å². The SMILES string of the molecule is [C-]#[N+]c1ccc2c(c1)c1ccccc1n2-c1cccc(-c2cccc(C#N)c2-n2c3ccccc3c3cccc(-n4c5ccccc5c5ccccc54)c32)c1. The van der Waals surface area contributed by atoms with Crippen molar-refractivity contribution in [2.24, 2.45) is 0 Å². The summed E-state index contributed by atoms with van der Waals surface area (Å²) >= 11 is 0. The minimum atomic E-state index is 0.589. The minimum Gasteiger partial charge on any atom is -0.309 e. The Balaban J connectivity index is 1.22. The lowest BCUT2D eigenvalue weighted by atomic mass is 9.99. The Morgan fingerprint density at radius 1 is 0.455 bits per heavy atom. The predicted octanol–water partition coefficient (Wildman–Crippen LogP) is 13.1. The molecule has 254 valence electrons. The van der Waals surface area contributed by atoms with Crippen LogP contribution in [0.2, 0.25) is 0 Å². The number of hydrogen-bond donors (Lipinski definition) is 0. The molecule has 0 radical (unpaired) electrons. The summed E-state index contributed by atoms with van der Waals surface area (Å²) in [6.45, 7) is 7.65. The largest absolute Gasteiger partial charge is 0.309 e. The molecule has 0 aliphatic carbocycles. The minimum absolute atomic E-state index is 0.589. The number of benzene rings is 8. The predicted molar refractivity (Wildman–Crippen MR) is 226 cm³/mol.